The highest BCUT2D eigenvalue weighted by atomic mass is 32.2. The average molecular weight is 328 g/mol. The van der Waals surface area contributed by atoms with Gasteiger partial charge in [-0.2, -0.15) is 0 Å². The second-order valence-electron chi connectivity index (χ2n) is 4.73. The van der Waals surface area contributed by atoms with Crippen molar-refractivity contribution in [1.82, 2.24) is 5.32 Å². The Morgan fingerprint density at radius 1 is 1.13 bits per heavy atom. The number of ether oxygens (including phenoxy) is 1. The summed E-state index contributed by atoms with van der Waals surface area (Å²) in [5.74, 6) is 0.899. The Balaban J connectivity index is 1.90. The molecule has 2 aromatic rings. The van der Waals surface area contributed by atoms with Gasteiger partial charge in [-0.05, 0) is 59.8 Å². The van der Waals surface area contributed by atoms with Crippen LogP contribution < -0.4 is 10.1 Å². The molecule has 4 nitrogen and oxygen atoms in total. The van der Waals surface area contributed by atoms with Gasteiger partial charge in [0.1, 0.15) is 17.4 Å². The van der Waals surface area contributed by atoms with Crippen LogP contribution in [0.15, 0.2) is 58.4 Å². The van der Waals surface area contributed by atoms with Gasteiger partial charge in [-0.3, -0.25) is 4.79 Å². The van der Waals surface area contributed by atoms with Crippen LogP contribution in [-0.4, -0.2) is 18.2 Å². The maximum Gasteiger partial charge on any atom is 0.289 e. The van der Waals surface area contributed by atoms with E-state index in [2.05, 4.69) is 10.3 Å². The number of nitrogens with one attached hydrogen (secondary N) is 1. The fourth-order valence-corrected chi connectivity index (χ4v) is 2.74. The van der Waals surface area contributed by atoms with E-state index in [0.29, 0.717) is 16.4 Å². The van der Waals surface area contributed by atoms with E-state index in [1.165, 1.54) is 12.1 Å². The second-order valence-corrected chi connectivity index (χ2v) is 5.75. The number of amides is 1. The molecule has 1 amide bonds. The van der Waals surface area contributed by atoms with Gasteiger partial charge in [-0.25, -0.2) is 9.38 Å². The third-order valence-electron chi connectivity index (χ3n) is 3.14. The Labute approximate surface area is 137 Å². The number of hydrogen-bond donors (Lipinski definition) is 1. The van der Waals surface area contributed by atoms with Crippen molar-refractivity contribution < 1.29 is 13.9 Å². The Morgan fingerprint density at radius 2 is 1.83 bits per heavy atom. The third kappa shape index (κ3) is 3.78. The number of carbonyl (C=O) groups is 1. The first-order valence-corrected chi connectivity index (χ1v) is 7.65. The molecule has 1 heterocycles. The van der Waals surface area contributed by atoms with Crippen molar-refractivity contribution in [2.45, 2.75) is 0 Å². The van der Waals surface area contributed by atoms with Gasteiger partial charge in [0.05, 0.1) is 17.7 Å². The number of hydrogen-bond acceptors (Lipinski definition) is 4. The lowest BCUT2D eigenvalue weighted by atomic mass is 10.2. The molecular weight excluding hydrogens is 315 g/mol. The maximum absolute atomic E-state index is 12.9. The number of thioether (sulfide) groups is 1. The van der Waals surface area contributed by atoms with E-state index in [1.54, 1.807) is 19.2 Å². The maximum atomic E-state index is 12.9. The highest BCUT2D eigenvalue weighted by Crippen LogP contribution is 2.28. The molecule has 2 aromatic carbocycles. The monoisotopic (exact) mass is 328 g/mol. The lowest BCUT2D eigenvalue weighted by molar-refractivity contribution is 0.265. The second kappa shape index (κ2) is 6.66. The van der Waals surface area contributed by atoms with Gasteiger partial charge in [0, 0.05) is 0 Å². The lowest BCUT2D eigenvalue weighted by Gasteiger charge is -2.02. The van der Waals surface area contributed by atoms with Crippen LogP contribution in [-0.2, 0) is 0 Å². The molecule has 0 spiro atoms. The van der Waals surface area contributed by atoms with Gasteiger partial charge < -0.3 is 10.1 Å². The number of aliphatic imine (C=N–C) groups is 1. The SMILES string of the molecule is COc1ccc(/C=C2\SC(=O)NC2=Nc2ccc(F)cc2)cc1. The van der Waals surface area contributed by atoms with Crippen LogP contribution in [0.3, 0.4) is 0 Å². The molecule has 0 saturated carbocycles. The Hall–Kier alpha value is -2.60. The summed E-state index contributed by atoms with van der Waals surface area (Å²) in [6.45, 7) is 0. The minimum Gasteiger partial charge on any atom is -0.497 e. The van der Waals surface area contributed by atoms with Crippen molar-refractivity contribution in [3.63, 3.8) is 0 Å². The normalized spacial score (nSPS) is 17.6. The molecule has 0 radical (unpaired) electrons. The first-order chi connectivity index (χ1) is 11.1. The Bertz CT molecular complexity index is 783. The zero-order chi connectivity index (χ0) is 16.2. The minimum atomic E-state index is -0.326. The molecule has 0 aromatic heterocycles. The molecule has 0 bridgehead atoms. The number of halogens is 1. The van der Waals surface area contributed by atoms with E-state index in [9.17, 15) is 9.18 Å². The zero-order valence-corrected chi connectivity index (χ0v) is 13.1. The van der Waals surface area contributed by atoms with Crippen LogP contribution in [0.2, 0.25) is 0 Å². The number of amidine groups is 1. The van der Waals surface area contributed by atoms with Gasteiger partial charge >= 0.3 is 0 Å². The minimum absolute atomic E-state index is 0.189. The van der Waals surface area contributed by atoms with Gasteiger partial charge in [-0.1, -0.05) is 12.1 Å². The Kier molecular flexibility index (Phi) is 4.43. The summed E-state index contributed by atoms with van der Waals surface area (Å²) in [6.07, 6.45) is 1.87. The van der Waals surface area contributed by atoms with Crippen molar-refractivity contribution in [3.05, 3.63) is 64.8 Å². The van der Waals surface area contributed by atoms with Crippen LogP contribution in [0.4, 0.5) is 14.9 Å². The molecule has 3 rings (SSSR count). The molecule has 0 atom stereocenters. The summed E-state index contributed by atoms with van der Waals surface area (Å²) in [5, 5.41) is 2.51. The molecule has 116 valence electrons. The first kappa shape index (κ1) is 15.3. The highest BCUT2D eigenvalue weighted by Gasteiger charge is 2.23. The number of methoxy groups -OCH3 is 1. The molecule has 23 heavy (non-hydrogen) atoms. The van der Waals surface area contributed by atoms with E-state index in [4.69, 9.17) is 4.74 Å². The number of benzene rings is 2. The predicted molar refractivity (Wildman–Crippen MR) is 90.6 cm³/mol. The van der Waals surface area contributed by atoms with Gasteiger partial charge in [0.25, 0.3) is 5.24 Å². The first-order valence-electron chi connectivity index (χ1n) is 6.83. The quantitative estimate of drug-likeness (QED) is 0.910. The van der Waals surface area contributed by atoms with E-state index >= 15 is 0 Å². The fourth-order valence-electron chi connectivity index (χ4n) is 2.01. The van der Waals surface area contributed by atoms with E-state index < -0.39 is 0 Å². The molecular formula is C17H13FN2O2S. The van der Waals surface area contributed by atoms with E-state index in [0.717, 1.165) is 23.1 Å². The van der Waals surface area contributed by atoms with Gasteiger partial charge in [0.2, 0.25) is 0 Å². The molecule has 6 heteroatoms. The van der Waals surface area contributed by atoms with Crippen molar-refractivity contribution in [2.75, 3.05) is 7.11 Å². The molecule has 0 unspecified atom stereocenters. The molecule has 1 N–H and O–H groups in total. The van der Waals surface area contributed by atoms with Crippen LogP contribution in [0.25, 0.3) is 6.08 Å². The van der Waals surface area contributed by atoms with Crippen molar-refractivity contribution in [2.24, 2.45) is 4.99 Å². The molecule has 1 aliphatic heterocycles. The topological polar surface area (TPSA) is 50.7 Å². The van der Waals surface area contributed by atoms with Crippen molar-refractivity contribution >= 4 is 34.6 Å². The zero-order valence-electron chi connectivity index (χ0n) is 12.2. The summed E-state index contributed by atoms with van der Waals surface area (Å²) < 4.78 is 18.1. The van der Waals surface area contributed by atoms with Gasteiger partial charge in [0.15, 0.2) is 0 Å². The van der Waals surface area contributed by atoms with Crippen LogP contribution in [0.5, 0.6) is 5.75 Å². The van der Waals surface area contributed by atoms with Crippen molar-refractivity contribution in [1.29, 1.82) is 0 Å². The predicted octanol–water partition coefficient (Wildman–Crippen LogP) is 4.36. The summed E-state index contributed by atoms with van der Waals surface area (Å²) in [7, 11) is 1.61. The van der Waals surface area contributed by atoms with Crippen LogP contribution in [0, 0.1) is 5.82 Å². The summed E-state index contributed by atoms with van der Waals surface area (Å²) in [5.41, 5.74) is 1.50. The van der Waals surface area contributed by atoms with Gasteiger partial charge in [-0.15, -0.1) is 0 Å². The number of nitrogens with zero attached hydrogens (tertiary/aromatic N) is 1. The summed E-state index contributed by atoms with van der Waals surface area (Å²) in [4.78, 5) is 16.7. The number of rotatable bonds is 3. The number of carbonyl (C=O) groups excluding carboxylic acids is 1. The Morgan fingerprint density at radius 3 is 2.48 bits per heavy atom. The lowest BCUT2D eigenvalue weighted by Crippen LogP contribution is -2.18. The van der Waals surface area contributed by atoms with E-state index in [1.807, 2.05) is 30.3 Å². The molecule has 1 fully saturated rings. The average Bonchev–Trinajstić information content (AvgIpc) is 2.89. The standard InChI is InChI=1S/C17H13FN2O2S/c1-22-14-8-2-11(3-9-14)10-15-16(20-17(21)23-15)19-13-6-4-12(18)5-7-13/h2-10H,1H3,(H,19,20,21)/b15-10-. The fraction of sp³-hybridized carbons (Fsp3) is 0.0588. The van der Waals surface area contributed by atoms with Crippen LogP contribution in [0.1, 0.15) is 5.56 Å². The van der Waals surface area contributed by atoms with Crippen molar-refractivity contribution in [3.8, 4) is 5.75 Å². The highest BCUT2D eigenvalue weighted by molar-refractivity contribution is 8.18. The summed E-state index contributed by atoms with van der Waals surface area (Å²) in [6, 6.07) is 13.3. The molecule has 0 aliphatic carbocycles. The largest absolute Gasteiger partial charge is 0.497 e. The third-order valence-corrected chi connectivity index (χ3v) is 3.96. The molecule has 1 aliphatic rings. The smallest absolute Gasteiger partial charge is 0.289 e. The van der Waals surface area contributed by atoms with E-state index in [-0.39, 0.29) is 11.1 Å². The van der Waals surface area contributed by atoms with Crippen LogP contribution >= 0.6 is 11.8 Å². The summed E-state index contributed by atoms with van der Waals surface area (Å²) >= 11 is 1.08. The molecule has 1 saturated heterocycles.